The van der Waals surface area contributed by atoms with Gasteiger partial charge in [-0.3, -0.25) is 9.69 Å². The fourth-order valence-corrected chi connectivity index (χ4v) is 4.27. The average molecular weight is 354 g/mol. The molecule has 1 amide bonds. The minimum Gasteiger partial charge on any atom is -0.396 e. The zero-order chi connectivity index (χ0) is 17.1. The molecule has 3 heterocycles. The van der Waals surface area contributed by atoms with E-state index in [1.165, 1.54) is 11.3 Å². The van der Waals surface area contributed by atoms with Crippen LogP contribution in [0, 0.1) is 0 Å². The summed E-state index contributed by atoms with van der Waals surface area (Å²) in [6, 6.07) is 0.503. The van der Waals surface area contributed by atoms with Crippen molar-refractivity contribution < 1.29 is 14.6 Å². The van der Waals surface area contributed by atoms with Crippen molar-refractivity contribution in [2.24, 2.45) is 0 Å². The summed E-state index contributed by atoms with van der Waals surface area (Å²) >= 11 is 1.52. The molecule has 7 nitrogen and oxygen atoms in total. The van der Waals surface area contributed by atoms with E-state index >= 15 is 0 Å². The molecular formula is C16H26N4O3S. The molecule has 0 saturated carbocycles. The number of aliphatic hydroxyl groups is 1. The molecule has 3 rings (SSSR count). The number of rotatable bonds is 6. The molecule has 2 saturated heterocycles. The van der Waals surface area contributed by atoms with Gasteiger partial charge in [0.2, 0.25) is 0 Å². The zero-order valence-electron chi connectivity index (χ0n) is 14.3. The highest BCUT2D eigenvalue weighted by Gasteiger charge is 2.37. The molecule has 1 aromatic rings. The molecule has 0 aromatic carbocycles. The van der Waals surface area contributed by atoms with Gasteiger partial charge in [-0.15, -0.1) is 11.3 Å². The van der Waals surface area contributed by atoms with E-state index in [9.17, 15) is 4.79 Å². The Hall–Kier alpha value is -1.06. The number of aromatic nitrogens is 1. The number of fused-ring (bicyclic) bond motifs is 1. The van der Waals surface area contributed by atoms with Crippen molar-refractivity contribution in [3.8, 4) is 0 Å². The summed E-state index contributed by atoms with van der Waals surface area (Å²) in [4.78, 5) is 21.2. The maximum Gasteiger partial charge on any atom is 0.271 e. The lowest BCUT2D eigenvalue weighted by Crippen LogP contribution is -2.46. The van der Waals surface area contributed by atoms with Crippen LogP contribution in [0.15, 0.2) is 5.38 Å². The Morgan fingerprint density at radius 3 is 3.12 bits per heavy atom. The van der Waals surface area contributed by atoms with Gasteiger partial charge in [0.15, 0.2) is 0 Å². The summed E-state index contributed by atoms with van der Waals surface area (Å²) in [5, 5.41) is 14.9. The van der Waals surface area contributed by atoms with Crippen LogP contribution in [0.1, 0.15) is 28.3 Å². The van der Waals surface area contributed by atoms with E-state index < -0.39 is 0 Å². The Bertz CT molecular complexity index is 565. The van der Waals surface area contributed by atoms with Gasteiger partial charge in [0.25, 0.3) is 5.91 Å². The van der Waals surface area contributed by atoms with E-state index in [2.05, 4.69) is 15.2 Å². The van der Waals surface area contributed by atoms with E-state index in [0.717, 1.165) is 31.1 Å². The molecule has 0 bridgehead atoms. The van der Waals surface area contributed by atoms with Crippen LogP contribution < -0.4 is 5.32 Å². The van der Waals surface area contributed by atoms with Gasteiger partial charge in [-0.25, -0.2) is 4.98 Å². The molecule has 24 heavy (non-hydrogen) atoms. The molecule has 0 spiro atoms. The van der Waals surface area contributed by atoms with Crippen molar-refractivity contribution in [1.29, 1.82) is 0 Å². The van der Waals surface area contributed by atoms with E-state index in [0.29, 0.717) is 24.8 Å². The summed E-state index contributed by atoms with van der Waals surface area (Å²) in [6.07, 6.45) is 1.69. The van der Waals surface area contributed by atoms with Gasteiger partial charge in [0, 0.05) is 43.7 Å². The number of thiazole rings is 1. The first-order valence-electron chi connectivity index (χ1n) is 8.41. The van der Waals surface area contributed by atoms with Gasteiger partial charge in [-0.1, -0.05) is 0 Å². The summed E-state index contributed by atoms with van der Waals surface area (Å²) in [6.45, 7) is 3.27. The molecular weight excluding hydrogens is 328 g/mol. The molecule has 8 heteroatoms. The van der Waals surface area contributed by atoms with Crippen LogP contribution in [0.3, 0.4) is 0 Å². The molecule has 3 atom stereocenters. The second kappa shape index (κ2) is 7.88. The van der Waals surface area contributed by atoms with Crippen LogP contribution in [-0.4, -0.2) is 84.4 Å². The lowest BCUT2D eigenvalue weighted by atomic mass is 10.1. The number of amides is 1. The van der Waals surface area contributed by atoms with Gasteiger partial charge in [-0.2, -0.15) is 0 Å². The summed E-state index contributed by atoms with van der Waals surface area (Å²) in [5.74, 6) is -0.0890. The van der Waals surface area contributed by atoms with Crippen LogP contribution in [0.4, 0.5) is 0 Å². The first kappa shape index (κ1) is 17.8. The maximum absolute atomic E-state index is 12.4. The lowest BCUT2D eigenvalue weighted by Gasteiger charge is -2.34. The number of nitrogens with zero attached hydrogens (tertiary/aromatic N) is 3. The Balaban J connectivity index is 1.52. The Kier molecular flexibility index (Phi) is 5.83. The highest BCUT2D eigenvalue weighted by molar-refractivity contribution is 7.09. The smallest absolute Gasteiger partial charge is 0.271 e. The number of hydrogen-bond acceptors (Lipinski definition) is 7. The molecule has 0 radical (unpaired) electrons. The van der Waals surface area contributed by atoms with E-state index in [-0.39, 0.29) is 24.7 Å². The normalized spacial score (nSPS) is 27.4. The first-order chi connectivity index (χ1) is 11.5. The Morgan fingerprint density at radius 1 is 1.54 bits per heavy atom. The number of nitrogens with one attached hydrogen (secondary N) is 1. The number of ether oxygens (including phenoxy) is 1. The average Bonchev–Trinajstić information content (AvgIpc) is 3.12. The number of carbonyl (C=O) groups is 1. The second-order valence-corrected chi connectivity index (χ2v) is 7.79. The first-order valence-corrected chi connectivity index (χ1v) is 9.29. The highest BCUT2D eigenvalue weighted by atomic mass is 32.1. The van der Waals surface area contributed by atoms with Crippen LogP contribution in [0.2, 0.25) is 0 Å². The molecule has 134 valence electrons. The quantitative estimate of drug-likeness (QED) is 0.758. The molecule has 2 fully saturated rings. The minimum atomic E-state index is -0.0890. The number of aliphatic hydroxyl groups excluding tert-OH is 1. The topological polar surface area (TPSA) is 77.9 Å². The molecule has 2 aliphatic heterocycles. The molecule has 2 N–H and O–H groups in total. The van der Waals surface area contributed by atoms with Crippen molar-refractivity contribution in [2.45, 2.75) is 37.6 Å². The van der Waals surface area contributed by atoms with Gasteiger partial charge >= 0.3 is 0 Å². The highest BCUT2D eigenvalue weighted by Crippen LogP contribution is 2.24. The Labute approximate surface area is 146 Å². The van der Waals surface area contributed by atoms with Crippen LogP contribution in [0.25, 0.3) is 0 Å². The predicted octanol–water partition coefficient (Wildman–Crippen LogP) is 0.159. The van der Waals surface area contributed by atoms with E-state index in [1.54, 1.807) is 0 Å². The number of carbonyl (C=O) groups excluding carboxylic acids is 1. The van der Waals surface area contributed by atoms with Crippen LogP contribution in [-0.2, 0) is 11.3 Å². The van der Waals surface area contributed by atoms with Crippen LogP contribution in [0.5, 0.6) is 0 Å². The standard InChI is InChI=1S/C16H26N4O3S/c1-19(2)8-15-18-14(10-24-15)16(22)17-11-5-12-9-23-13(3-4-21)7-20(12)6-11/h10-13,21H,3-9H2,1-2H3,(H,17,22)/t11-,12+,13+/m1/s1. The number of hydrogen-bond donors (Lipinski definition) is 2. The molecule has 0 aliphatic carbocycles. The summed E-state index contributed by atoms with van der Waals surface area (Å²) in [7, 11) is 3.98. The van der Waals surface area contributed by atoms with Crippen molar-refractivity contribution >= 4 is 17.2 Å². The molecule has 2 aliphatic rings. The zero-order valence-corrected chi connectivity index (χ0v) is 15.1. The van der Waals surface area contributed by atoms with Crippen LogP contribution >= 0.6 is 11.3 Å². The van der Waals surface area contributed by atoms with Gasteiger partial charge in [0.05, 0.1) is 12.7 Å². The van der Waals surface area contributed by atoms with E-state index in [4.69, 9.17) is 9.84 Å². The second-order valence-electron chi connectivity index (χ2n) is 6.85. The minimum absolute atomic E-state index is 0.0890. The molecule has 1 aromatic heterocycles. The SMILES string of the molecule is CN(C)Cc1nc(C(=O)N[C@@H]2C[C@H]3CO[C@@H](CCO)CN3C2)cs1. The van der Waals surface area contributed by atoms with E-state index in [1.807, 2.05) is 24.4 Å². The van der Waals surface area contributed by atoms with Crippen molar-refractivity contribution in [2.75, 3.05) is 40.4 Å². The fraction of sp³-hybridized carbons (Fsp3) is 0.750. The third kappa shape index (κ3) is 4.31. The van der Waals surface area contributed by atoms with Crippen molar-refractivity contribution in [1.82, 2.24) is 20.1 Å². The van der Waals surface area contributed by atoms with Gasteiger partial charge in [0.1, 0.15) is 10.7 Å². The van der Waals surface area contributed by atoms with Crippen molar-refractivity contribution in [3.63, 3.8) is 0 Å². The number of morpholine rings is 1. The monoisotopic (exact) mass is 354 g/mol. The lowest BCUT2D eigenvalue weighted by molar-refractivity contribution is -0.0566. The predicted molar refractivity (Wildman–Crippen MR) is 92.2 cm³/mol. The third-order valence-electron chi connectivity index (χ3n) is 4.51. The summed E-state index contributed by atoms with van der Waals surface area (Å²) < 4.78 is 5.78. The Morgan fingerprint density at radius 2 is 2.38 bits per heavy atom. The third-order valence-corrected chi connectivity index (χ3v) is 5.35. The van der Waals surface area contributed by atoms with Gasteiger partial charge in [-0.05, 0) is 26.9 Å². The maximum atomic E-state index is 12.4. The summed E-state index contributed by atoms with van der Waals surface area (Å²) in [5.41, 5.74) is 0.510. The molecule has 0 unspecified atom stereocenters. The van der Waals surface area contributed by atoms with Crippen molar-refractivity contribution in [3.05, 3.63) is 16.1 Å². The van der Waals surface area contributed by atoms with Gasteiger partial charge < -0.3 is 20.1 Å². The fourth-order valence-electron chi connectivity index (χ4n) is 3.38. The largest absolute Gasteiger partial charge is 0.396 e.